The molecule has 2 rings (SSSR count). The maximum absolute atomic E-state index is 10.7. The molecule has 1 aromatic carbocycles. The van der Waals surface area contributed by atoms with Crippen molar-refractivity contribution in [2.45, 2.75) is 32.7 Å². The number of nitrogens with zero attached hydrogens (tertiary/aromatic N) is 1. The van der Waals surface area contributed by atoms with Gasteiger partial charge in [0.1, 0.15) is 0 Å². The number of hydrogen-bond donors (Lipinski definition) is 1. The molecule has 1 aliphatic heterocycles. The van der Waals surface area contributed by atoms with Gasteiger partial charge in [0.05, 0.1) is 0 Å². The van der Waals surface area contributed by atoms with E-state index < -0.39 is 5.97 Å². The number of hydrogen-bond acceptors (Lipinski definition) is 2. The molecule has 1 aromatic rings. The van der Waals surface area contributed by atoms with E-state index in [2.05, 4.69) is 36.1 Å². The van der Waals surface area contributed by atoms with Gasteiger partial charge in [0, 0.05) is 13.0 Å². The summed E-state index contributed by atoms with van der Waals surface area (Å²) in [4.78, 5) is 13.1. The lowest BCUT2D eigenvalue weighted by molar-refractivity contribution is -0.138. The van der Waals surface area contributed by atoms with Crippen LogP contribution in [0.5, 0.6) is 0 Å². The second-order valence-corrected chi connectivity index (χ2v) is 5.24. The van der Waals surface area contributed by atoms with Crippen molar-refractivity contribution in [2.24, 2.45) is 5.92 Å². The average molecular weight is 247 g/mol. The predicted molar refractivity (Wildman–Crippen MR) is 71.4 cm³/mol. The highest BCUT2D eigenvalue weighted by atomic mass is 16.4. The number of likely N-dealkylation sites (tertiary alicyclic amines) is 1. The molecule has 3 nitrogen and oxygen atoms in total. The van der Waals surface area contributed by atoms with Crippen LogP contribution in [0.3, 0.4) is 0 Å². The molecule has 0 spiro atoms. The van der Waals surface area contributed by atoms with E-state index in [0.29, 0.717) is 12.3 Å². The number of benzene rings is 1. The zero-order valence-corrected chi connectivity index (χ0v) is 10.9. The first-order valence-corrected chi connectivity index (χ1v) is 6.64. The van der Waals surface area contributed by atoms with Crippen molar-refractivity contribution in [1.82, 2.24) is 4.90 Å². The summed E-state index contributed by atoms with van der Waals surface area (Å²) in [5.41, 5.74) is 2.72. The fraction of sp³-hybridized carbons (Fsp3) is 0.533. The third-order valence-electron chi connectivity index (χ3n) is 3.83. The highest BCUT2D eigenvalue weighted by Crippen LogP contribution is 2.22. The highest BCUT2D eigenvalue weighted by Gasteiger charge is 2.21. The van der Waals surface area contributed by atoms with Crippen LogP contribution < -0.4 is 0 Å². The van der Waals surface area contributed by atoms with Gasteiger partial charge < -0.3 is 5.11 Å². The number of aliphatic carboxylic acids is 1. The molecule has 18 heavy (non-hydrogen) atoms. The Hall–Kier alpha value is -1.35. The smallest absolute Gasteiger partial charge is 0.303 e. The number of carbonyl (C=O) groups is 1. The van der Waals surface area contributed by atoms with Gasteiger partial charge in [-0.15, -0.1) is 0 Å². The van der Waals surface area contributed by atoms with Gasteiger partial charge in [-0.05, 0) is 49.9 Å². The molecule has 1 heterocycles. The monoisotopic (exact) mass is 247 g/mol. The van der Waals surface area contributed by atoms with Gasteiger partial charge in [-0.3, -0.25) is 9.69 Å². The van der Waals surface area contributed by atoms with Crippen LogP contribution in [-0.4, -0.2) is 29.1 Å². The summed E-state index contributed by atoms with van der Waals surface area (Å²) >= 11 is 0. The van der Waals surface area contributed by atoms with E-state index in [0.717, 1.165) is 32.5 Å². The minimum atomic E-state index is -0.660. The number of rotatable bonds is 4. The van der Waals surface area contributed by atoms with Gasteiger partial charge in [0.2, 0.25) is 0 Å². The third-order valence-corrected chi connectivity index (χ3v) is 3.83. The van der Waals surface area contributed by atoms with Crippen LogP contribution in [0.4, 0.5) is 0 Å². The van der Waals surface area contributed by atoms with Crippen LogP contribution in [0.25, 0.3) is 0 Å². The van der Waals surface area contributed by atoms with Crippen molar-refractivity contribution in [3.8, 4) is 0 Å². The fourth-order valence-corrected chi connectivity index (χ4v) is 2.62. The first-order valence-electron chi connectivity index (χ1n) is 6.64. The van der Waals surface area contributed by atoms with E-state index in [1.54, 1.807) is 0 Å². The molecular formula is C15H21NO2. The maximum atomic E-state index is 10.7. The standard InChI is InChI=1S/C15H21NO2/c1-12-4-2-3-5-14(12)11-16-8-6-13(7-9-16)10-15(17)18/h2-5,13H,6-11H2,1H3,(H,17,18). The predicted octanol–water partition coefficient (Wildman–Crippen LogP) is 2.68. The van der Waals surface area contributed by atoms with Crippen LogP contribution in [0.15, 0.2) is 24.3 Å². The zero-order chi connectivity index (χ0) is 13.0. The van der Waals surface area contributed by atoms with Crippen molar-refractivity contribution in [1.29, 1.82) is 0 Å². The SMILES string of the molecule is Cc1ccccc1CN1CCC(CC(=O)O)CC1. The van der Waals surface area contributed by atoms with Crippen LogP contribution in [0, 0.1) is 12.8 Å². The molecule has 1 aliphatic rings. The fourth-order valence-electron chi connectivity index (χ4n) is 2.62. The first-order chi connectivity index (χ1) is 8.65. The summed E-state index contributed by atoms with van der Waals surface area (Å²) in [7, 11) is 0. The molecule has 0 aliphatic carbocycles. The number of carboxylic acid groups (broad SMARTS) is 1. The summed E-state index contributed by atoms with van der Waals surface area (Å²) in [5, 5.41) is 8.79. The molecule has 0 amide bonds. The normalized spacial score (nSPS) is 17.8. The summed E-state index contributed by atoms with van der Waals surface area (Å²) in [6.45, 7) is 5.18. The quantitative estimate of drug-likeness (QED) is 0.889. The minimum Gasteiger partial charge on any atom is -0.481 e. The van der Waals surface area contributed by atoms with Crippen molar-refractivity contribution in [2.75, 3.05) is 13.1 Å². The lowest BCUT2D eigenvalue weighted by Gasteiger charge is -2.31. The van der Waals surface area contributed by atoms with Gasteiger partial charge in [0.25, 0.3) is 0 Å². The second kappa shape index (κ2) is 6.01. The molecule has 0 saturated carbocycles. The summed E-state index contributed by atoms with van der Waals surface area (Å²) in [6, 6.07) is 8.47. The molecule has 1 saturated heterocycles. The zero-order valence-electron chi connectivity index (χ0n) is 10.9. The Morgan fingerprint density at radius 1 is 1.33 bits per heavy atom. The van der Waals surface area contributed by atoms with Crippen molar-refractivity contribution in [3.05, 3.63) is 35.4 Å². The van der Waals surface area contributed by atoms with Crippen molar-refractivity contribution < 1.29 is 9.90 Å². The highest BCUT2D eigenvalue weighted by molar-refractivity contribution is 5.67. The molecule has 0 unspecified atom stereocenters. The average Bonchev–Trinajstić information content (AvgIpc) is 2.34. The molecule has 0 radical (unpaired) electrons. The molecular weight excluding hydrogens is 226 g/mol. The lowest BCUT2D eigenvalue weighted by atomic mass is 9.93. The third kappa shape index (κ3) is 3.57. The topological polar surface area (TPSA) is 40.5 Å². The first kappa shape index (κ1) is 13.1. The van der Waals surface area contributed by atoms with E-state index in [1.165, 1.54) is 11.1 Å². The number of piperidine rings is 1. The Morgan fingerprint density at radius 2 is 2.00 bits per heavy atom. The van der Waals surface area contributed by atoms with E-state index in [-0.39, 0.29) is 0 Å². The Balaban J connectivity index is 1.84. The Morgan fingerprint density at radius 3 is 2.61 bits per heavy atom. The second-order valence-electron chi connectivity index (χ2n) is 5.24. The van der Waals surface area contributed by atoms with Gasteiger partial charge >= 0.3 is 5.97 Å². The van der Waals surface area contributed by atoms with Gasteiger partial charge in [0.15, 0.2) is 0 Å². The molecule has 0 aromatic heterocycles. The maximum Gasteiger partial charge on any atom is 0.303 e. The number of aryl methyl sites for hydroxylation is 1. The molecule has 1 N–H and O–H groups in total. The number of carboxylic acids is 1. The Labute approximate surface area is 108 Å². The van der Waals surface area contributed by atoms with E-state index in [4.69, 9.17) is 5.11 Å². The summed E-state index contributed by atoms with van der Waals surface area (Å²) in [5.74, 6) is -0.289. The van der Waals surface area contributed by atoms with Crippen molar-refractivity contribution >= 4 is 5.97 Å². The van der Waals surface area contributed by atoms with Crippen LogP contribution >= 0.6 is 0 Å². The molecule has 98 valence electrons. The summed E-state index contributed by atoms with van der Waals surface area (Å²) < 4.78 is 0. The van der Waals surface area contributed by atoms with Gasteiger partial charge in [-0.2, -0.15) is 0 Å². The summed E-state index contributed by atoms with van der Waals surface area (Å²) in [6.07, 6.45) is 2.36. The van der Waals surface area contributed by atoms with Gasteiger partial charge in [-0.25, -0.2) is 0 Å². The molecule has 0 atom stereocenters. The van der Waals surface area contributed by atoms with E-state index >= 15 is 0 Å². The Kier molecular flexibility index (Phi) is 4.37. The Bertz CT molecular complexity index is 409. The molecule has 0 bridgehead atoms. The largest absolute Gasteiger partial charge is 0.481 e. The van der Waals surface area contributed by atoms with E-state index in [1.807, 2.05) is 0 Å². The van der Waals surface area contributed by atoms with Crippen LogP contribution in [0.2, 0.25) is 0 Å². The lowest BCUT2D eigenvalue weighted by Crippen LogP contribution is -2.34. The molecule has 3 heteroatoms. The van der Waals surface area contributed by atoms with E-state index in [9.17, 15) is 4.79 Å². The van der Waals surface area contributed by atoms with Crippen LogP contribution in [0.1, 0.15) is 30.4 Å². The van der Waals surface area contributed by atoms with Gasteiger partial charge in [-0.1, -0.05) is 24.3 Å². The molecule has 1 fully saturated rings. The van der Waals surface area contributed by atoms with Crippen LogP contribution in [-0.2, 0) is 11.3 Å². The van der Waals surface area contributed by atoms with Crippen molar-refractivity contribution in [3.63, 3.8) is 0 Å². The minimum absolute atomic E-state index is 0.332.